The third-order valence-electron chi connectivity index (χ3n) is 2.34. The molecule has 1 rings (SSSR count). The molecule has 1 heterocycles. The molecule has 1 aromatic heterocycles. The third kappa shape index (κ3) is 2.58. The van der Waals surface area contributed by atoms with Gasteiger partial charge in [0.15, 0.2) is 5.69 Å². The summed E-state index contributed by atoms with van der Waals surface area (Å²) in [6.07, 6.45) is 1.09. The summed E-state index contributed by atoms with van der Waals surface area (Å²) >= 11 is 0. The van der Waals surface area contributed by atoms with Crippen molar-refractivity contribution in [1.29, 1.82) is 0 Å². The molecule has 1 unspecified atom stereocenters. The van der Waals surface area contributed by atoms with Crippen molar-refractivity contribution in [2.24, 2.45) is 5.92 Å². The van der Waals surface area contributed by atoms with Gasteiger partial charge in [-0.05, 0) is 18.1 Å². The average Bonchev–Trinajstić information content (AvgIpc) is 2.29. The highest BCUT2D eigenvalue weighted by molar-refractivity contribution is 6.00. The summed E-state index contributed by atoms with van der Waals surface area (Å²) < 4.78 is 10.3. The van der Waals surface area contributed by atoms with Gasteiger partial charge in [-0.15, -0.1) is 0 Å². The molecule has 4 nitrogen and oxygen atoms in total. The number of rotatable bonds is 5. The van der Waals surface area contributed by atoms with Crippen molar-refractivity contribution in [3.8, 4) is 5.75 Å². The van der Waals surface area contributed by atoms with E-state index in [0.717, 1.165) is 0 Å². The van der Waals surface area contributed by atoms with Crippen molar-refractivity contribution in [2.45, 2.75) is 20.0 Å². The van der Waals surface area contributed by atoms with E-state index < -0.39 is 6.10 Å². The summed E-state index contributed by atoms with van der Waals surface area (Å²) in [5, 5.41) is 0. The number of pyridine rings is 1. The van der Waals surface area contributed by atoms with E-state index in [-0.39, 0.29) is 11.7 Å². The van der Waals surface area contributed by atoms with Crippen molar-refractivity contribution >= 4 is 5.78 Å². The minimum atomic E-state index is -0.483. The fraction of sp³-hybridized carbons (Fsp3) is 0.500. The van der Waals surface area contributed by atoms with Crippen LogP contribution in [0.3, 0.4) is 0 Å². The molecule has 0 radical (unpaired) electrons. The predicted molar refractivity (Wildman–Crippen MR) is 60.8 cm³/mol. The topological polar surface area (TPSA) is 48.4 Å². The van der Waals surface area contributed by atoms with E-state index in [1.807, 2.05) is 13.8 Å². The summed E-state index contributed by atoms with van der Waals surface area (Å²) in [6.45, 7) is 3.86. The van der Waals surface area contributed by atoms with Crippen LogP contribution >= 0.6 is 0 Å². The summed E-state index contributed by atoms with van der Waals surface area (Å²) in [6, 6.07) is 3.44. The Morgan fingerprint density at radius 1 is 1.38 bits per heavy atom. The van der Waals surface area contributed by atoms with Gasteiger partial charge in [0.2, 0.25) is 5.78 Å². The first-order valence-corrected chi connectivity index (χ1v) is 5.17. The van der Waals surface area contributed by atoms with Crippen LogP contribution in [0.1, 0.15) is 24.3 Å². The number of hydrogen-bond acceptors (Lipinski definition) is 4. The molecule has 0 N–H and O–H groups in total. The van der Waals surface area contributed by atoms with Crippen LogP contribution in [-0.4, -0.2) is 31.1 Å². The Hall–Kier alpha value is -1.42. The molecule has 1 atom stereocenters. The normalized spacial score (nSPS) is 12.6. The molecule has 0 amide bonds. The second-order valence-corrected chi connectivity index (χ2v) is 3.82. The van der Waals surface area contributed by atoms with Gasteiger partial charge >= 0.3 is 0 Å². The van der Waals surface area contributed by atoms with E-state index in [0.29, 0.717) is 11.4 Å². The molecule has 0 aromatic carbocycles. The van der Waals surface area contributed by atoms with Gasteiger partial charge in [0.25, 0.3) is 0 Å². The standard InChI is InChI=1S/C12H17NO3/c1-8(2)12(16-4)11(14)10-9(15-3)6-5-7-13-10/h5-8,12H,1-4H3. The smallest absolute Gasteiger partial charge is 0.213 e. The molecule has 0 aliphatic rings. The molecule has 0 aliphatic heterocycles. The van der Waals surface area contributed by atoms with Crippen LogP contribution in [0.4, 0.5) is 0 Å². The Morgan fingerprint density at radius 2 is 2.06 bits per heavy atom. The number of hydrogen-bond donors (Lipinski definition) is 0. The lowest BCUT2D eigenvalue weighted by molar-refractivity contribution is 0.0451. The van der Waals surface area contributed by atoms with Crippen LogP contribution in [0.15, 0.2) is 18.3 Å². The minimum Gasteiger partial charge on any atom is -0.494 e. The zero-order valence-electron chi connectivity index (χ0n) is 10.1. The van der Waals surface area contributed by atoms with Gasteiger partial charge in [0, 0.05) is 13.3 Å². The average molecular weight is 223 g/mol. The Kier molecular flexibility index (Phi) is 4.43. The third-order valence-corrected chi connectivity index (χ3v) is 2.34. The highest BCUT2D eigenvalue weighted by Crippen LogP contribution is 2.20. The fourth-order valence-corrected chi connectivity index (χ4v) is 1.56. The first kappa shape index (κ1) is 12.6. The van der Waals surface area contributed by atoms with E-state index in [1.165, 1.54) is 14.2 Å². The van der Waals surface area contributed by atoms with Crippen molar-refractivity contribution in [2.75, 3.05) is 14.2 Å². The molecule has 0 aliphatic carbocycles. The quantitative estimate of drug-likeness (QED) is 0.716. The van der Waals surface area contributed by atoms with Crippen LogP contribution in [-0.2, 0) is 4.74 Å². The monoisotopic (exact) mass is 223 g/mol. The van der Waals surface area contributed by atoms with Crippen LogP contribution in [0.5, 0.6) is 5.75 Å². The highest BCUT2D eigenvalue weighted by Gasteiger charge is 2.26. The molecule has 0 spiro atoms. The molecule has 88 valence electrons. The summed E-state index contributed by atoms with van der Waals surface area (Å²) in [7, 11) is 3.04. The number of methoxy groups -OCH3 is 2. The van der Waals surface area contributed by atoms with Gasteiger partial charge in [0.1, 0.15) is 11.9 Å². The molecular formula is C12H17NO3. The second-order valence-electron chi connectivity index (χ2n) is 3.82. The number of carbonyl (C=O) groups is 1. The maximum Gasteiger partial charge on any atom is 0.213 e. The van der Waals surface area contributed by atoms with E-state index >= 15 is 0 Å². The lowest BCUT2D eigenvalue weighted by Gasteiger charge is -2.18. The summed E-state index contributed by atoms with van der Waals surface area (Å²) in [5.41, 5.74) is 0.325. The molecule has 4 heteroatoms. The number of ether oxygens (including phenoxy) is 2. The van der Waals surface area contributed by atoms with Gasteiger partial charge in [-0.3, -0.25) is 4.79 Å². The minimum absolute atomic E-state index is 0.101. The van der Waals surface area contributed by atoms with Gasteiger partial charge in [-0.2, -0.15) is 0 Å². The first-order valence-electron chi connectivity index (χ1n) is 5.17. The largest absolute Gasteiger partial charge is 0.494 e. The molecule has 0 saturated heterocycles. The maximum absolute atomic E-state index is 12.1. The lowest BCUT2D eigenvalue weighted by atomic mass is 10.0. The number of carbonyl (C=O) groups excluding carboxylic acids is 1. The molecule has 1 aromatic rings. The zero-order valence-corrected chi connectivity index (χ0v) is 10.1. The number of Topliss-reactive ketones (excluding diaryl/α,β-unsaturated/α-hetero) is 1. The van der Waals surface area contributed by atoms with Gasteiger partial charge < -0.3 is 9.47 Å². The summed E-state index contributed by atoms with van der Waals surface area (Å²) in [4.78, 5) is 16.2. The van der Waals surface area contributed by atoms with Crippen molar-refractivity contribution < 1.29 is 14.3 Å². The zero-order chi connectivity index (χ0) is 12.1. The Morgan fingerprint density at radius 3 is 2.56 bits per heavy atom. The van der Waals surface area contributed by atoms with Crippen LogP contribution in [0, 0.1) is 5.92 Å². The Balaban J connectivity index is 3.03. The van der Waals surface area contributed by atoms with E-state index in [2.05, 4.69) is 4.98 Å². The maximum atomic E-state index is 12.1. The summed E-state index contributed by atoms with van der Waals surface area (Å²) in [5.74, 6) is 0.439. The second kappa shape index (κ2) is 5.61. The van der Waals surface area contributed by atoms with E-state index in [9.17, 15) is 4.79 Å². The number of nitrogens with zero attached hydrogens (tertiary/aromatic N) is 1. The SMILES string of the molecule is COc1cccnc1C(=O)C(OC)C(C)C. The van der Waals surface area contributed by atoms with E-state index in [4.69, 9.17) is 9.47 Å². The van der Waals surface area contributed by atoms with E-state index in [1.54, 1.807) is 18.3 Å². The number of ketones is 1. The van der Waals surface area contributed by atoms with Crippen LogP contribution in [0.2, 0.25) is 0 Å². The molecule has 0 fully saturated rings. The molecule has 0 bridgehead atoms. The molecular weight excluding hydrogens is 206 g/mol. The van der Waals surface area contributed by atoms with Gasteiger partial charge in [-0.25, -0.2) is 4.98 Å². The molecule has 0 saturated carbocycles. The number of aromatic nitrogens is 1. The lowest BCUT2D eigenvalue weighted by Crippen LogP contribution is -2.29. The fourth-order valence-electron chi connectivity index (χ4n) is 1.56. The Bertz CT molecular complexity index is 363. The van der Waals surface area contributed by atoms with Crippen molar-refractivity contribution in [1.82, 2.24) is 4.98 Å². The van der Waals surface area contributed by atoms with Gasteiger partial charge in [0.05, 0.1) is 7.11 Å². The first-order chi connectivity index (χ1) is 7.61. The van der Waals surface area contributed by atoms with Crippen molar-refractivity contribution in [3.63, 3.8) is 0 Å². The van der Waals surface area contributed by atoms with Crippen molar-refractivity contribution in [3.05, 3.63) is 24.0 Å². The van der Waals surface area contributed by atoms with Crippen LogP contribution in [0.25, 0.3) is 0 Å². The van der Waals surface area contributed by atoms with Gasteiger partial charge in [-0.1, -0.05) is 13.8 Å². The molecule has 16 heavy (non-hydrogen) atoms. The highest BCUT2D eigenvalue weighted by atomic mass is 16.5. The predicted octanol–water partition coefficient (Wildman–Crippen LogP) is 1.94. The Labute approximate surface area is 95.6 Å². The van der Waals surface area contributed by atoms with Crippen LogP contribution < -0.4 is 4.74 Å².